The largest absolute Gasteiger partial charge is 0.391 e. The number of benzene rings is 1. The van der Waals surface area contributed by atoms with Crippen molar-refractivity contribution < 1.29 is 9.90 Å². The molecule has 1 aliphatic heterocycles. The number of amides is 1. The molecular weight excluding hydrogens is 310 g/mol. The lowest BCUT2D eigenvalue weighted by molar-refractivity contribution is -0.148. The van der Waals surface area contributed by atoms with E-state index in [1.54, 1.807) is 6.92 Å². The second kappa shape index (κ2) is 7.98. The predicted octanol–water partition coefficient (Wildman–Crippen LogP) is 4.36. The Hall–Kier alpha value is -1.32. The monoisotopic (exact) mass is 335 g/mol. The van der Waals surface area contributed by atoms with Gasteiger partial charge in [0.2, 0.25) is 5.91 Å². The van der Waals surface area contributed by atoms with Gasteiger partial charge in [0.15, 0.2) is 0 Å². The third kappa shape index (κ3) is 3.96. The highest BCUT2D eigenvalue weighted by Crippen LogP contribution is 2.38. The number of piperidine rings is 1. The minimum atomic E-state index is -0.554. The van der Waals surface area contributed by atoms with Crippen LogP contribution in [0, 0.1) is 5.92 Å². The molecule has 1 saturated heterocycles. The summed E-state index contributed by atoms with van der Waals surface area (Å²) >= 11 is 5.99. The molecule has 1 N–H and O–H groups in total. The van der Waals surface area contributed by atoms with E-state index in [-0.39, 0.29) is 23.9 Å². The quantitative estimate of drug-likeness (QED) is 0.785. The number of nitrogens with zero attached hydrogens (tertiary/aromatic N) is 1. The second-order valence-electron chi connectivity index (χ2n) is 6.33. The van der Waals surface area contributed by atoms with Crippen molar-refractivity contribution >= 4 is 17.5 Å². The average Bonchev–Trinajstić information content (AvgIpc) is 2.52. The number of hydrogen-bond donors (Lipinski definition) is 1. The zero-order valence-corrected chi connectivity index (χ0v) is 14.7. The highest BCUT2D eigenvalue weighted by molar-refractivity contribution is 6.30. The Bertz CT molecular complexity index is 541. The molecule has 3 nitrogen and oxygen atoms in total. The van der Waals surface area contributed by atoms with Crippen molar-refractivity contribution in [3.63, 3.8) is 0 Å². The molecule has 0 aromatic heterocycles. The number of aliphatic hydroxyl groups is 1. The molecular formula is C19H26ClNO2. The number of rotatable bonds is 6. The van der Waals surface area contributed by atoms with Crippen molar-refractivity contribution in [1.29, 1.82) is 0 Å². The first-order valence-electron chi connectivity index (χ1n) is 8.36. The summed E-state index contributed by atoms with van der Waals surface area (Å²) in [5.41, 5.74) is 1.08. The first-order chi connectivity index (χ1) is 11.0. The molecule has 1 amide bonds. The van der Waals surface area contributed by atoms with Gasteiger partial charge in [-0.25, -0.2) is 0 Å². The summed E-state index contributed by atoms with van der Waals surface area (Å²) in [6.07, 6.45) is 4.43. The molecule has 0 bridgehead atoms. The van der Waals surface area contributed by atoms with Crippen molar-refractivity contribution in [1.82, 2.24) is 4.90 Å². The third-order valence-electron chi connectivity index (χ3n) is 4.77. The zero-order valence-electron chi connectivity index (χ0n) is 13.9. The Morgan fingerprint density at radius 3 is 2.57 bits per heavy atom. The molecule has 1 aromatic carbocycles. The van der Waals surface area contributed by atoms with E-state index in [9.17, 15) is 9.90 Å². The summed E-state index contributed by atoms with van der Waals surface area (Å²) < 4.78 is 0. The summed E-state index contributed by atoms with van der Waals surface area (Å²) in [6.45, 7) is 7.54. The summed E-state index contributed by atoms with van der Waals surface area (Å²) in [6, 6.07) is 7.51. The van der Waals surface area contributed by atoms with Gasteiger partial charge >= 0.3 is 0 Å². The van der Waals surface area contributed by atoms with Gasteiger partial charge in [-0.3, -0.25) is 4.79 Å². The molecule has 0 saturated carbocycles. The Labute approximate surface area is 143 Å². The van der Waals surface area contributed by atoms with E-state index in [1.165, 1.54) is 0 Å². The van der Waals surface area contributed by atoms with Gasteiger partial charge < -0.3 is 10.0 Å². The Morgan fingerprint density at radius 2 is 2.04 bits per heavy atom. The van der Waals surface area contributed by atoms with Crippen LogP contribution in [-0.4, -0.2) is 28.1 Å². The molecule has 1 heterocycles. The molecule has 0 spiro atoms. The van der Waals surface area contributed by atoms with Crippen LogP contribution in [0.15, 0.2) is 36.9 Å². The van der Waals surface area contributed by atoms with Gasteiger partial charge in [-0.15, -0.1) is 6.58 Å². The topological polar surface area (TPSA) is 40.5 Å². The highest BCUT2D eigenvalue weighted by atomic mass is 35.5. The SMILES string of the molecule is C=CCC1CCC(c2ccc(Cl)cc2)N(C(CC)[C@H](C)O)C1=O. The van der Waals surface area contributed by atoms with Gasteiger partial charge in [0.05, 0.1) is 18.2 Å². The van der Waals surface area contributed by atoms with E-state index >= 15 is 0 Å². The normalized spacial score (nSPS) is 24.3. The number of hydrogen-bond acceptors (Lipinski definition) is 2. The smallest absolute Gasteiger partial charge is 0.226 e. The maximum Gasteiger partial charge on any atom is 0.226 e. The highest BCUT2D eigenvalue weighted by Gasteiger charge is 2.40. The lowest BCUT2D eigenvalue weighted by Crippen LogP contribution is -2.52. The van der Waals surface area contributed by atoms with E-state index in [0.29, 0.717) is 11.4 Å². The van der Waals surface area contributed by atoms with Crippen LogP contribution >= 0.6 is 11.6 Å². The van der Waals surface area contributed by atoms with Gasteiger partial charge in [-0.05, 0) is 50.3 Å². The fraction of sp³-hybridized carbons (Fsp3) is 0.526. The molecule has 23 heavy (non-hydrogen) atoms. The van der Waals surface area contributed by atoms with Crippen LogP contribution in [0.4, 0.5) is 0 Å². The maximum atomic E-state index is 13.0. The molecule has 1 aromatic rings. The predicted molar refractivity (Wildman–Crippen MR) is 94.3 cm³/mol. The second-order valence-corrected chi connectivity index (χ2v) is 6.76. The first kappa shape index (κ1) is 18.0. The average molecular weight is 336 g/mol. The third-order valence-corrected chi connectivity index (χ3v) is 5.02. The molecule has 1 fully saturated rings. The summed E-state index contributed by atoms with van der Waals surface area (Å²) in [5, 5.41) is 10.9. The summed E-state index contributed by atoms with van der Waals surface area (Å²) in [4.78, 5) is 14.9. The Kier molecular flexibility index (Phi) is 6.25. The molecule has 0 radical (unpaired) electrons. The minimum Gasteiger partial charge on any atom is -0.391 e. The fourth-order valence-corrected chi connectivity index (χ4v) is 3.71. The van der Waals surface area contributed by atoms with Crippen molar-refractivity contribution in [2.45, 2.75) is 57.7 Å². The van der Waals surface area contributed by atoms with Gasteiger partial charge in [0.25, 0.3) is 0 Å². The minimum absolute atomic E-state index is 0.000354. The number of allylic oxidation sites excluding steroid dienone is 1. The van der Waals surface area contributed by atoms with Gasteiger partial charge in [-0.1, -0.05) is 36.7 Å². The number of aliphatic hydroxyl groups excluding tert-OH is 1. The van der Waals surface area contributed by atoms with Crippen LogP contribution in [-0.2, 0) is 4.79 Å². The standard InChI is InChI=1S/C19H26ClNO2/c1-4-6-15-9-12-18(14-7-10-16(20)11-8-14)21(19(15)23)17(5-2)13(3)22/h4,7-8,10-11,13,15,17-18,22H,1,5-6,9,12H2,2-3H3/t13-,15?,17?,18?/m0/s1. The lowest BCUT2D eigenvalue weighted by Gasteiger charge is -2.45. The molecule has 0 aliphatic carbocycles. The van der Waals surface area contributed by atoms with Crippen LogP contribution in [0.3, 0.4) is 0 Å². The van der Waals surface area contributed by atoms with E-state index in [4.69, 9.17) is 11.6 Å². The zero-order chi connectivity index (χ0) is 17.0. The first-order valence-corrected chi connectivity index (χ1v) is 8.74. The fourth-order valence-electron chi connectivity index (χ4n) is 3.58. The van der Waals surface area contributed by atoms with Gasteiger partial charge in [0, 0.05) is 10.9 Å². The van der Waals surface area contributed by atoms with E-state index in [0.717, 1.165) is 24.8 Å². The van der Waals surface area contributed by atoms with Crippen LogP contribution in [0.25, 0.3) is 0 Å². The van der Waals surface area contributed by atoms with Crippen LogP contribution in [0.2, 0.25) is 5.02 Å². The van der Waals surface area contributed by atoms with E-state index < -0.39 is 6.10 Å². The van der Waals surface area contributed by atoms with Crippen molar-refractivity contribution in [2.75, 3.05) is 0 Å². The molecule has 4 heteroatoms. The molecule has 3 unspecified atom stereocenters. The van der Waals surface area contributed by atoms with E-state index in [1.807, 2.05) is 42.2 Å². The molecule has 4 atom stereocenters. The number of carbonyl (C=O) groups is 1. The van der Waals surface area contributed by atoms with Crippen LogP contribution in [0.5, 0.6) is 0 Å². The Balaban J connectivity index is 2.36. The van der Waals surface area contributed by atoms with Crippen molar-refractivity contribution in [2.24, 2.45) is 5.92 Å². The maximum absolute atomic E-state index is 13.0. The van der Waals surface area contributed by atoms with Gasteiger partial charge in [-0.2, -0.15) is 0 Å². The van der Waals surface area contributed by atoms with Crippen LogP contribution < -0.4 is 0 Å². The molecule has 1 aliphatic rings. The number of carbonyl (C=O) groups excluding carboxylic acids is 1. The molecule has 2 rings (SSSR count). The number of likely N-dealkylation sites (tertiary alicyclic amines) is 1. The van der Waals surface area contributed by atoms with Crippen LogP contribution in [0.1, 0.15) is 51.1 Å². The molecule has 126 valence electrons. The number of halogens is 1. The lowest BCUT2D eigenvalue weighted by atomic mass is 9.84. The van der Waals surface area contributed by atoms with Gasteiger partial charge in [0.1, 0.15) is 0 Å². The van der Waals surface area contributed by atoms with Crippen molar-refractivity contribution in [3.8, 4) is 0 Å². The summed E-state index contributed by atoms with van der Waals surface area (Å²) in [5.74, 6) is 0.104. The van der Waals surface area contributed by atoms with E-state index in [2.05, 4.69) is 6.58 Å². The summed E-state index contributed by atoms with van der Waals surface area (Å²) in [7, 11) is 0. The van der Waals surface area contributed by atoms with Crippen molar-refractivity contribution in [3.05, 3.63) is 47.5 Å². The Morgan fingerprint density at radius 1 is 1.39 bits per heavy atom.